The number of aliphatic hydroxyl groups is 1. The molecule has 2 heterocycles. The average molecular weight is 319 g/mol. The fourth-order valence-electron chi connectivity index (χ4n) is 2.83. The SMILES string of the molecule is O=C1CCc2cc(OCCNC(=O)C3CC(O)CN3)ccc2N1. The molecule has 7 heteroatoms. The minimum atomic E-state index is -0.446. The van der Waals surface area contributed by atoms with Gasteiger partial charge in [0.1, 0.15) is 12.4 Å². The zero-order valence-corrected chi connectivity index (χ0v) is 12.8. The van der Waals surface area contributed by atoms with Gasteiger partial charge in [0.2, 0.25) is 11.8 Å². The van der Waals surface area contributed by atoms with Gasteiger partial charge in [-0.2, -0.15) is 0 Å². The van der Waals surface area contributed by atoms with Gasteiger partial charge in [-0.05, 0) is 36.6 Å². The summed E-state index contributed by atoms with van der Waals surface area (Å²) in [4.78, 5) is 23.2. The lowest BCUT2D eigenvalue weighted by atomic mass is 10.0. The molecule has 2 amide bonds. The normalized spacial score (nSPS) is 23.1. The second kappa shape index (κ2) is 6.97. The van der Waals surface area contributed by atoms with Crippen LogP contribution in [0.1, 0.15) is 18.4 Å². The second-order valence-corrected chi connectivity index (χ2v) is 5.86. The number of anilines is 1. The van der Waals surface area contributed by atoms with Crippen molar-refractivity contribution in [3.8, 4) is 5.75 Å². The number of fused-ring (bicyclic) bond motifs is 1. The van der Waals surface area contributed by atoms with Gasteiger partial charge in [-0.1, -0.05) is 0 Å². The van der Waals surface area contributed by atoms with Crippen LogP contribution in [-0.4, -0.2) is 48.8 Å². The summed E-state index contributed by atoms with van der Waals surface area (Å²) in [6, 6.07) is 5.24. The molecule has 1 aromatic carbocycles. The fourth-order valence-corrected chi connectivity index (χ4v) is 2.83. The van der Waals surface area contributed by atoms with Gasteiger partial charge >= 0.3 is 0 Å². The van der Waals surface area contributed by atoms with Crippen molar-refractivity contribution in [3.63, 3.8) is 0 Å². The number of hydrogen-bond donors (Lipinski definition) is 4. The first-order valence-electron chi connectivity index (χ1n) is 7.86. The van der Waals surface area contributed by atoms with Crippen molar-refractivity contribution in [1.82, 2.24) is 10.6 Å². The first kappa shape index (κ1) is 15.8. The number of aliphatic hydroxyl groups excluding tert-OH is 1. The highest BCUT2D eigenvalue weighted by Crippen LogP contribution is 2.26. The Morgan fingerprint density at radius 3 is 3.04 bits per heavy atom. The Labute approximate surface area is 134 Å². The molecule has 2 aliphatic rings. The number of amides is 2. The Kier molecular flexibility index (Phi) is 4.78. The van der Waals surface area contributed by atoms with Gasteiger partial charge in [0, 0.05) is 18.7 Å². The summed E-state index contributed by atoms with van der Waals surface area (Å²) in [5.74, 6) is 0.654. The summed E-state index contributed by atoms with van der Waals surface area (Å²) in [5.41, 5.74) is 1.91. The minimum Gasteiger partial charge on any atom is -0.492 e. The van der Waals surface area contributed by atoms with Crippen LogP contribution in [0.5, 0.6) is 5.75 Å². The molecule has 23 heavy (non-hydrogen) atoms. The smallest absolute Gasteiger partial charge is 0.237 e. The number of β-amino-alcohol motifs (C(OH)–C–C–N with tert-alkyl or cyclic N) is 1. The van der Waals surface area contributed by atoms with E-state index >= 15 is 0 Å². The third kappa shape index (κ3) is 4.00. The Bertz CT molecular complexity index is 605. The number of nitrogens with one attached hydrogen (secondary N) is 3. The maximum absolute atomic E-state index is 11.8. The summed E-state index contributed by atoms with van der Waals surface area (Å²) in [6.45, 7) is 1.23. The molecule has 2 unspecified atom stereocenters. The number of ether oxygens (including phenoxy) is 1. The van der Waals surface area contributed by atoms with E-state index in [2.05, 4.69) is 16.0 Å². The predicted molar refractivity (Wildman–Crippen MR) is 84.3 cm³/mol. The highest BCUT2D eigenvalue weighted by Gasteiger charge is 2.27. The van der Waals surface area contributed by atoms with Crippen molar-refractivity contribution in [2.24, 2.45) is 0 Å². The van der Waals surface area contributed by atoms with Gasteiger partial charge < -0.3 is 25.8 Å². The Balaban J connectivity index is 1.42. The number of benzene rings is 1. The first-order chi connectivity index (χ1) is 11.1. The second-order valence-electron chi connectivity index (χ2n) is 5.86. The van der Waals surface area contributed by atoms with Crippen LogP contribution in [0.4, 0.5) is 5.69 Å². The zero-order chi connectivity index (χ0) is 16.2. The Hall–Kier alpha value is -2.12. The van der Waals surface area contributed by atoms with Crippen LogP contribution >= 0.6 is 0 Å². The maximum atomic E-state index is 11.8. The summed E-state index contributed by atoms with van der Waals surface area (Å²) >= 11 is 0. The molecule has 2 atom stereocenters. The van der Waals surface area contributed by atoms with Crippen LogP contribution < -0.4 is 20.7 Å². The zero-order valence-electron chi connectivity index (χ0n) is 12.8. The number of hydrogen-bond acceptors (Lipinski definition) is 5. The molecule has 0 radical (unpaired) electrons. The first-order valence-corrected chi connectivity index (χ1v) is 7.86. The van der Waals surface area contributed by atoms with Crippen molar-refractivity contribution in [1.29, 1.82) is 0 Å². The molecule has 4 N–H and O–H groups in total. The number of rotatable bonds is 5. The fraction of sp³-hybridized carbons (Fsp3) is 0.500. The molecule has 0 aromatic heterocycles. The molecular formula is C16H21N3O4. The van der Waals surface area contributed by atoms with Crippen molar-refractivity contribution in [2.75, 3.05) is 25.0 Å². The molecule has 7 nitrogen and oxygen atoms in total. The minimum absolute atomic E-state index is 0.0412. The molecule has 2 aliphatic heterocycles. The van der Waals surface area contributed by atoms with E-state index in [9.17, 15) is 14.7 Å². The molecule has 0 saturated carbocycles. The van der Waals surface area contributed by atoms with E-state index in [1.165, 1.54) is 0 Å². The predicted octanol–water partition coefficient (Wildman–Crippen LogP) is -0.211. The van der Waals surface area contributed by atoms with Crippen molar-refractivity contribution in [2.45, 2.75) is 31.4 Å². The standard InChI is InChI=1S/C16H21N3O4/c20-11-8-14(18-9-11)16(22)17-5-6-23-12-2-3-13-10(7-12)1-4-15(21)19-13/h2-3,7,11,14,18,20H,1,4-6,8-9H2,(H,17,22)(H,19,21). The van der Waals surface area contributed by atoms with E-state index in [0.717, 1.165) is 17.0 Å². The lowest BCUT2D eigenvalue weighted by molar-refractivity contribution is -0.123. The molecule has 0 spiro atoms. The van der Waals surface area contributed by atoms with Crippen molar-refractivity contribution < 1.29 is 19.4 Å². The van der Waals surface area contributed by atoms with Crippen molar-refractivity contribution in [3.05, 3.63) is 23.8 Å². The van der Waals surface area contributed by atoms with E-state index in [1.54, 1.807) is 6.07 Å². The summed E-state index contributed by atoms with van der Waals surface area (Å²) in [7, 11) is 0. The van der Waals surface area contributed by atoms with E-state index < -0.39 is 6.10 Å². The molecule has 3 rings (SSSR count). The quantitative estimate of drug-likeness (QED) is 0.563. The highest BCUT2D eigenvalue weighted by atomic mass is 16.5. The highest BCUT2D eigenvalue weighted by molar-refractivity contribution is 5.94. The lowest BCUT2D eigenvalue weighted by Crippen LogP contribution is -2.41. The Morgan fingerprint density at radius 2 is 2.26 bits per heavy atom. The third-order valence-electron chi connectivity index (χ3n) is 4.07. The lowest BCUT2D eigenvalue weighted by Gasteiger charge is -2.18. The van der Waals surface area contributed by atoms with Gasteiger partial charge in [-0.15, -0.1) is 0 Å². The topological polar surface area (TPSA) is 99.7 Å². The van der Waals surface area contributed by atoms with Crippen molar-refractivity contribution >= 4 is 17.5 Å². The van der Waals surface area contributed by atoms with Gasteiger partial charge in [-0.25, -0.2) is 0 Å². The molecule has 0 aliphatic carbocycles. The monoisotopic (exact) mass is 319 g/mol. The number of aryl methyl sites for hydroxylation is 1. The molecule has 1 aromatic rings. The van der Waals surface area contributed by atoms with Crippen LogP contribution in [0.2, 0.25) is 0 Å². The van der Waals surface area contributed by atoms with Crippen LogP contribution in [0.15, 0.2) is 18.2 Å². The molecule has 1 fully saturated rings. The van der Waals surface area contributed by atoms with Gasteiger partial charge in [0.25, 0.3) is 0 Å². The summed E-state index contributed by atoms with van der Waals surface area (Å²) < 4.78 is 5.64. The van der Waals surface area contributed by atoms with Gasteiger partial charge in [-0.3, -0.25) is 9.59 Å². The molecular weight excluding hydrogens is 298 g/mol. The van der Waals surface area contributed by atoms with Gasteiger partial charge in [0.15, 0.2) is 0 Å². The third-order valence-corrected chi connectivity index (χ3v) is 4.07. The van der Waals surface area contributed by atoms with Crippen LogP contribution in [0.3, 0.4) is 0 Å². The molecule has 1 saturated heterocycles. The van der Waals surface area contributed by atoms with E-state index in [0.29, 0.717) is 39.0 Å². The average Bonchev–Trinajstić information content (AvgIpc) is 2.98. The van der Waals surface area contributed by atoms with E-state index in [-0.39, 0.29) is 17.9 Å². The van der Waals surface area contributed by atoms with Crippen LogP contribution in [0, 0.1) is 0 Å². The molecule has 124 valence electrons. The van der Waals surface area contributed by atoms with Crippen LogP contribution in [-0.2, 0) is 16.0 Å². The largest absolute Gasteiger partial charge is 0.492 e. The molecule has 0 bridgehead atoms. The maximum Gasteiger partial charge on any atom is 0.237 e. The van der Waals surface area contributed by atoms with Crippen LogP contribution in [0.25, 0.3) is 0 Å². The van der Waals surface area contributed by atoms with E-state index in [1.807, 2.05) is 12.1 Å². The Morgan fingerprint density at radius 1 is 1.39 bits per heavy atom. The van der Waals surface area contributed by atoms with Gasteiger partial charge in [0.05, 0.1) is 18.7 Å². The summed E-state index contributed by atoms with van der Waals surface area (Å²) in [5, 5.41) is 18.0. The number of carbonyl (C=O) groups is 2. The summed E-state index contributed by atoms with van der Waals surface area (Å²) in [6.07, 6.45) is 1.21. The number of carbonyl (C=O) groups excluding carboxylic acids is 2. The van der Waals surface area contributed by atoms with E-state index in [4.69, 9.17) is 4.74 Å².